The van der Waals surface area contributed by atoms with Gasteiger partial charge in [-0.2, -0.15) is 0 Å². The highest BCUT2D eigenvalue weighted by atomic mass is 16.5. The number of aryl methyl sites for hydroxylation is 1. The summed E-state index contributed by atoms with van der Waals surface area (Å²) in [6, 6.07) is 16.7. The zero-order valence-electron chi connectivity index (χ0n) is 16.7. The molecule has 0 unspecified atom stereocenters. The Morgan fingerprint density at radius 2 is 1.54 bits per heavy atom. The van der Waals surface area contributed by atoms with Gasteiger partial charge >= 0.3 is 0 Å². The first kappa shape index (κ1) is 19.0. The molecule has 2 aromatic carbocycles. The molecule has 2 nitrogen and oxygen atoms in total. The Kier molecular flexibility index (Phi) is 6.26. The minimum absolute atomic E-state index is 0.160. The molecule has 0 spiro atoms. The van der Waals surface area contributed by atoms with Gasteiger partial charge in [-0.1, -0.05) is 62.4 Å². The standard InChI is InChI=1S/C26H30O2/c27-23-13-9-12-21-16-17-22(20-10-5-2-1-3-6-11-20)18-25(21)26(19-23)28-24-14-7-4-8-15-24/h4,7-8,14-20H,1-3,5-6,9-13H2/b26-19+. The van der Waals surface area contributed by atoms with Crippen molar-refractivity contribution < 1.29 is 9.53 Å². The number of ketones is 1. The van der Waals surface area contributed by atoms with Crippen LogP contribution in [0.2, 0.25) is 0 Å². The largest absolute Gasteiger partial charge is 0.457 e. The normalized spacial score (nSPS) is 20.7. The Labute approximate surface area is 168 Å². The second-order valence-corrected chi connectivity index (χ2v) is 8.20. The fraction of sp³-hybridized carbons (Fsp3) is 0.423. The van der Waals surface area contributed by atoms with E-state index in [1.165, 1.54) is 56.1 Å². The molecular weight excluding hydrogens is 344 g/mol. The predicted octanol–water partition coefficient (Wildman–Crippen LogP) is 6.84. The fourth-order valence-corrected chi connectivity index (χ4v) is 4.53. The number of rotatable bonds is 3. The average Bonchev–Trinajstić information content (AvgIpc) is 2.67. The molecule has 0 amide bonds. The van der Waals surface area contributed by atoms with Gasteiger partial charge in [0.1, 0.15) is 11.5 Å². The number of ether oxygens (including phenoxy) is 1. The summed E-state index contributed by atoms with van der Waals surface area (Å²) in [6.07, 6.45) is 13.4. The maximum absolute atomic E-state index is 12.4. The van der Waals surface area contributed by atoms with E-state index in [0.717, 1.165) is 24.2 Å². The first-order valence-corrected chi connectivity index (χ1v) is 10.9. The zero-order chi connectivity index (χ0) is 19.2. The van der Waals surface area contributed by atoms with Gasteiger partial charge in [0.25, 0.3) is 0 Å². The molecule has 4 rings (SSSR count). The van der Waals surface area contributed by atoms with Crippen molar-refractivity contribution in [1.29, 1.82) is 0 Å². The Hall–Kier alpha value is -2.35. The molecular formula is C26H30O2. The van der Waals surface area contributed by atoms with Gasteiger partial charge in [-0.05, 0) is 60.9 Å². The molecule has 2 aliphatic carbocycles. The molecule has 0 atom stereocenters. The summed E-state index contributed by atoms with van der Waals surface area (Å²) in [6.45, 7) is 0. The number of benzene rings is 2. The van der Waals surface area contributed by atoms with Crippen LogP contribution in [0, 0.1) is 0 Å². The van der Waals surface area contributed by atoms with Crippen LogP contribution in [0.15, 0.2) is 54.6 Å². The third-order valence-electron chi connectivity index (χ3n) is 6.11. The second kappa shape index (κ2) is 9.23. The zero-order valence-corrected chi connectivity index (χ0v) is 16.7. The lowest BCUT2D eigenvalue weighted by Gasteiger charge is -2.23. The van der Waals surface area contributed by atoms with Crippen LogP contribution in [0.25, 0.3) is 5.76 Å². The quantitative estimate of drug-likeness (QED) is 0.588. The number of fused-ring (bicyclic) bond motifs is 1. The van der Waals surface area contributed by atoms with Crippen LogP contribution in [0.4, 0.5) is 0 Å². The molecule has 1 saturated carbocycles. The summed E-state index contributed by atoms with van der Waals surface area (Å²) < 4.78 is 6.22. The molecule has 0 aliphatic heterocycles. The van der Waals surface area contributed by atoms with Gasteiger partial charge in [-0.15, -0.1) is 0 Å². The van der Waals surface area contributed by atoms with Crippen molar-refractivity contribution in [2.75, 3.05) is 0 Å². The molecule has 0 aromatic heterocycles. The van der Waals surface area contributed by atoms with Crippen molar-refractivity contribution in [2.24, 2.45) is 0 Å². The number of carbonyl (C=O) groups excluding carboxylic acids is 1. The van der Waals surface area contributed by atoms with Crippen LogP contribution >= 0.6 is 0 Å². The van der Waals surface area contributed by atoms with E-state index in [0.29, 0.717) is 18.1 Å². The van der Waals surface area contributed by atoms with Crippen molar-refractivity contribution in [3.63, 3.8) is 0 Å². The maximum Gasteiger partial charge on any atom is 0.159 e. The molecule has 2 aromatic rings. The van der Waals surface area contributed by atoms with Crippen LogP contribution in [-0.4, -0.2) is 5.78 Å². The lowest BCUT2D eigenvalue weighted by Crippen LogP contribution is -2.09. The van der Waals surface area contributed by atoms with Crippen LogP contribution in [0.1, 0.15) is 80.4 Å². The first-order chi connectivity index (χ1) is 13.8. The molecule has 0 N–H and O–H groups in total. The van der Waals surface area contributed by atoms with E-state index >= 15 is 0 Å². The van der Waals surface area contributed by atoms with E-state index < -0.39 is 0 Å². The minimum Gasteiger partial charge on any atom is -0.457 e. The Balaban J connectivity index is 1.69. The van der Waals surface area contributed by atoms with E-state index in [1.54, 1.807) is 6.08 Å². The Morgan fingerprint density at radius 1 is 0.786 bits per heavy atom. The van der Waals surface area contributed by atoms with Gasteiger partial charge < -0.3 is 4.74 Å². The van der Waals surface area contributed by atoms with E-state index in [4.69, 9.17) is 4.74 Å². The van der Waals surface area contributed by atoms with Crippen LogP contribution in [0.3, 0.4) is 0 Å². The van der Waals surface area contributed by atoms with Gasteiger partial charge in [0.05, 0.1) is 0 Å². The summed E-state index contributed by atoms with van der Waals surface area (Å²) in [4.78, 5) is 12.4. The summed E-state index contributed by atoms with van der Waals surface area (Å²) in [7, 11) is 0. The summed E-state index contributed by atoms with van der Waals surface area (Å²) in [5.74, 6) is 2.28. The summed E-state index contributed by atoms with van der Waals surface area (Å²) in [5.41, 5.74) is 3.82. The lowest BCUT2D eigenvalue weighted by molar-refractivity contribution is -0.114. The number of hydrogen-bond donors (Lipinski definition) is 0. The van der Waals surface area contributed by atoms with Crippen LogP contribution < -0.4 is 4.74 Å². The van der Waals surface area contributed by atoms with Gasteiger partial charge in [0, 0.05) is 18.1 Å². The second-order valence-electron chi connectivity index (χ2n) is 8.20. The van der Waals surface area contributed by atoms with Crippen LogP contribution in [-0.2, 0) is 11.2 Å². The third kappa shape index (κ3) is 4.73. The topological polar surface area (TPSA) is 26.3 Å². The molecule has 0 heterocycles. The predicted molar refractivity (Wildman–Crippen MR) is 114 cm³/mol. The molecule has 0 bridgehead atoms. The van der Waals surface area contributed by atoms with Gasteiger partial charge in [-0.3, -0.25) is 4.79 Å². The minimum atomic E-state index is 0.160. The molecule has 0 radical (unpaired) electrons. The van der Waals surface area contributed by atoms with Gasteiger partial charge in [0.2, 0.25) is 0 Å². The number of carbonyl (C=O) groups is 1. The smallest absolute Gasteiger partial charge is 0.159 e. The van der Waals surface area contributed by atoms with E-state index in [-0.39, 0.29) is 5.78 Å². The fourth-order valence-electron chi connectivity index (χ4n) is 4.53. The highest BCUT2D eigenvalue weighted by Gasteiger charge is 2.20. The van der Waals surface area contributed by atoms with E-state index in [2.05, 4.69) is 18.2 Å². The lowest BCUT2D eigenvalue weighted by atomic mass is 9.84. The number of hydrogen-bond acceptors (Lipinski definition) is 2. The van der Waals surface area contributed by atoms with E-state index in [9.17, 15) is 4.79 Å². The molecule has 28 heavy (non-hydrogen) atoms. The first-order valence-electron chi connectivity index (χ1n) is 10.9. The number of allylic oxidation sites excluding steroid dienone is 1. The van der Waals surface area contributed by atoms with Crippen molar-refractivity contribution in [3.8, 4) is 5.75 Å². The SMILES string of the molecule is O=C1/C=C(/Oc2ccccc2)c2cc(C3CCCCCCC3)ccc2CCC1. The molecule has 2 heteroatoms. The summed E-state index contributed by atoms with van der Waals surface area (Å²) >= 11 is 0. The van der Waals surface area contributed by atoms with Crippen molar-refractivity contribution in [1.82, 2.24) is 0 Å². The third-order valence-corrected chi connectivity index (χ3v) is 6.11. The molecule has 0 saturated heterocycles. The van der Waals surface area contributed by atoms with Crippen LogP contribution in [0.5, 0.6) is 5.75 Å². The highest BCUT2D eigenvalue weighted by Crippen LogP contribution is 2.35. The molecule has 1 fully saturated rings. The summed E-state index contributed by atoms with van der Waals surface area (Å²) in [5, 5.41) is 0. The molecule has 2 aliphatic rings. The Morgan fingerprint density at radius 3 is 2.32 bits per heavy atom. The average molecular weight is 375 g/mol. The highest BCUT2D eigenvalue weighted by molar-refractivity contribution is 5.96. The van der Waals surface area contributed by atoms with Gasteiger partial charge in [0.15, 0.2) is 5.78 Å². The van der Waals surface area contributed by atoms with Crippen molar-refractivity contribution in [2.45, 2.75) is 70.1 Å². The van der Waals surface area contributed by atoms with Crippen molar-refractivity contribution in [3.05, 3.63) is 71.3 Å². The monoisotopic (exact) mass is 374 g/mol. The Bertz CT molecular complexity index is 827. The van der Waals surface area contributed by atoms with Crippen molar-refractivity contribution >= 4 is 11.5 Å². The van der Waals surface area contributed by atoms with Gasteiger partial charge in [-0.25, -0.2) is 0 Å². The molecule has 146 valence electrons. The maximum atomic E-state index is 12.4. The van der Waals surface area contributed by atoms with E-state index in [1.807, 2.05) is 30.3 Å². The number of para-hydroxylation sites is 1.